The number of amides is 2. The van der Waals surface area contributed by atoms with Crippen LogP contribution in [0.15, 0.2) is 78.5 Å². The van der Waals surface area contributed by atoms with Gasteiger partial charge in [0.15, 0.2) is 0 Å². The molecule has 0 spiro atoms. The Kier molecular flexibility index (Phi) is 7.06. The Labute approximate surface area is 181 Å². The molecule has 2 amide bonds. The van der Waals surface area contributed by atoms with Gasteiger partial charge in [0.2, 0.25) is 0 Å². The van der Waals surface area contributed by atoms with Crippen molar-refractivity contribution in [3.63, 3.8) is 0 Å². The van der Waals surface area contributed by atoms with Crippen LogP contribution in [0.4, 0.5) is 5.69 Å². The fourth-order valence-electron chi connectivity index (χ4n) is 2.88. The number of carbonyl (C=O) groups excluding carboxylic acids is 2. The van der Waals surface area contributed by atoms with Gasteiger partial charge < -0.3 is 20.1 Å². The quantitative estimate of drug-likeness (QED) is 0.559. The maximum absolute atomic E-state index is 13.0. The predicted molar refractivity (Wildman–Crippen MR) is 121 cm³/mol. The molecular formula is C25H24N2O4. The average Bonchev–Trinajstić information content (AvgIpc) is 2.79. The summed E-state index contributed by atoms with van der Waals surface area (Å²) in [5, 5.41) is 5.54. The molecule has 6 nitrogen and oxygen atoms in total. The average molecular weight is 416 g/mol. The Morgan fingerprint density at radius 1 is 0.839 bits per heavy atom. The number of hydrogen-bond donors (Lipinski definition) is 2. The van der Waals surface area contributed by atoms with Crippen molar-refractivity contribution in [3.05, 3.63) is 95.2 Å². The molecule has 3 aromatic rings. The molecular weight excluding hydrogens is 392 g/mol. The Bertz CT molecular complexity index is 1090. The molecule has 0 aliphatic rings. The molecule has 0 bridgehead atoms. The van der Waals surface area contributed by atoms with Crippen molar-refractivity contribution in [1.29, 1.82) is 0 Å². The van der Waals surface area contributed by atoms with Crippen molar-refractivity contribution in [2.24, 2.45) is 0 Å². The van der Waals surface area contributed by atoms with E-state index in [1.807, 2.05) is 13.0 Å². The number of ether oxygens (including phenoxy) is 2. The molecule has 0 aromatic heterocycles. The van der Waals surface area contributed by atoms with Gasteiger partial charge in [0, 0.05) is 11.3 Å². The van der Waals surface area contributed by atoms with Crippen LogP contribution in [0.25, 0.3) is 6.08 Å². The molecule has 3 rings (SSSR count). The minimum absolute atomic E-state index is 0.118. The number of hydrogen-bond acceptors (Lipinski definition) is 4. The van der Waals surface area contributed by atoms with E-state index < -0.39 is 5.91 Å². The van der Waals surface area contributed by atoms with Gasteiger partial charge in [-0.25, -0.2) is 0 Å². The van der Waals surface area contributed by atoms with E-state index in [2.05, 4.69) is 10.6 Å². The van der Waals surface area contributed by atoms with Crippen LogP contribution in [-0.2, 0) is 4.79 Å². The highest BCUT2D eigenvalue weighted by Gasteiger charge is 2.15. The molecule has 0 saturated carbocycles. The zero-order valence-electron chi connectivity index (χ0n) is 17.6. The second kappa shape index (κ2) is 10.1. The number of methoxy groups -OCH3 is 2. The Morgan fingerprint density at radius 3 is 2.03 bits per heavy atom. The monoisotopic (exact) mass is 416 g/mol. The van der Waals surface area contributed by atoms with Gasteiger partial charge in [-0.1, -0.05) is 29.8 Å². The molecule has 0 atom stereocenters. The fraction of sp³-hybridized carbons (Fsp3) is 0.120. The van der Waals surface area contributed by atoms with E-state index >= 15 is 0 Å². The van der Waals surface area contributed by atoms with E-state index in [0.717, 1.165) is 11.1 Å². The standard InChI is InChI=1S/C25H24N2O4/c1-17-5-4-6-19(15-17)24(28)27-23(16-18-7-11-21(30-2)12-8-18)25(29)26-20-9-13-22(31-3)14-10-20/h4-16H,1-3H3,(H,26,29)(H,27,28). The van der Waals surface area contributed by atoms with Crippen LogP contribution in [-0.4, -0.2) is 26.0 Å². The number of rotatable bonds is 7. The molecule has 0 saturated heterocycles. The van der Waals surface area contributed by atoms with E-state index in [-0.39, 0.29) is 11.6 Å². The van der Waals surface area contributed by atoms with E-state index in [1.54, 1.807) is 87.0 Å². The molecule has 158 valence electrons. The van der Waals surface area contributed by atoms with Crippen molar-refractivity contribution in [2.75, 3.05) is 19.5 Å². The lowest BCUT2D eigenvalue weighted by Gasteiger charge is -2.12. The molecule has 31 heavy (non-hydrogen) atoms. The van der Waals surface area contributed by atoms with Gasteiger partial charge in [0.25, 0.3) is 11.8 Å². The Balaban J connectivity index is 1.87. The van der Waals surface area contributed by atoms with Gasteiger partial charge in [0.1, 0.15) is 17.2 Å². The zero-order chi connectivity index (χ0) is 22.2. The second-order valence-electron chi connectivity index (χ2n) is 6.84. The molecule has 0 radical (unpaired) electrons. The van der Waals surface area contributed by atoms with E-state index in [0.29, 0.717) is 22.7 Å². The lowest BCUT2D eigenvalue weighted by Crippen LogP contribution is -2.30. The van der Waals surface area contributed by atoms with Crippen molar-refractivity contribution >= 4 is 23.6 Å². The van der Waals surface area contributed by atoms with Gasteiger partial charge in [-0.3, -0.25) is 9.59 Å². The minimum Gasteiger partial charge on any atom is -0.497 e. The van der Waals surface area contributed by atoms with Crippen LogP contribution in [0.1, 0.15) is 21.5 Å². The molecule has 0 aliphatic heterocycles. The lowest BCUT2D eigenvalue weighted by atomic mass is 10.1. The number of nitrogens with one attached hydrogen (secondary N) is 2. The smallest absolute Gasteiger partial charge is 0.272 e. The maximum Gasteiger partial charge on any atom is 0.272 e. The van der Waals surface area contributed by atoms with Crippen LogP contribution in [0.2, 0.25) is 0 Å². The highest BCUT2D eigenvalue weighted by molar-refractivity contribution is 6.10. The Morgan fingerprint density at radius 2 is 1.45 bits per heavy atom. The molecule has 0 unspecified atom stereocenters. The topological polar surface area (TPSA) is 76.7 Å². The summed E-state index contributed by atoms with van der Waals surface area (Å²) in [6.45, 7) is 1.90. The number of carbonyl (C=O) groups is 2. The first-order valence-electron chi connectivity index (χ1n) is 9.67. The Hall–Kier alpha value is -4.06. The van der Waals surface area contributed by atoms with Gasteiger partial charge in [-0.2, -0.15) is 0 Å². The molecule has 6 heteroatoms. The third-order valence-electron chi connectivity index (χ3n) is 4.55. The molecule has 0 aliphatic carbocycles. The van der Waals surface area contributed by atoms with Crippen LogP contribution >= 0.6 is 0 Å². The van der Waals surface area contributed by atoms with Crippen molar-refractivity contribution in [3.8, 4) is 11.5 Å². The predicted octanol–water partition coefficient (Wildman–Crippen LogP) is 4.42. The first-order chi connectivity index (χ1) is 15.0. The third kappa shape index (κ3) is 5.96. The van der Waals surface area contributed by atoms with Gasteiger partial charge >= 0.3 is 0 Å². The van der Waals surface area contributed by atoms with Gasteiger partial charge in [-0.05, 0) is 67.1 Å². The van der Waals surface area contributed by atoms with E-state index in [4.69, 9.17) is 9.47 Å². The first kappa shape index (κ1) is 21.6. The second-order valence-corrected chi connectivity index (χ2v) is 6.84. The van der Waals surface area contributed by atoms with Gasteiger partial charge in [-0.15, -0.1) is 0 Å². The van der Waals surface area contributed by atoms with E-state index in [9.17, 15) is 9.59 Å². The van der Waals surface area contributed by atoms with Crippen molar-refractivity contribution in [1.82, 2.24) is 5.32 Å². The van der Waals surface area contributed by atoms with Crippen LogP contribution in [0.5, 0.6) is 11.5 Å². The SMILES string of the molecule is COc1ccc(C=C(NC(=O)c2cccc(C)c2)C(=O)Nc2ccc(OC)cc2)cc1. The third-order valence-corrected chi connectivity index (χ3v) is 4.55. The van der Waals surface area contributed by atoms with Crippen LogP contribution in [0.3, 0.4) is 0 Å². The summed E-state index contributed by atoms with van der Waals surface area (Å²) in [5.41, 5.74) is 2.86. The number of aryl methyl sites for hydroxylation is 1. The summed E-state index contributed by atoms with van der Waals surface area (Å²) >= 11 is 0. The summed E-state index contributed by atoms with van der Waals surface area (Å²) in [6.07, 6.45) is 1.62. The zero-order valence-corrected chi connectivity index (χ0v) is 17.6. The van der Waals surface area contributed by atoms with Crippen LogP contribution in [0, 0.1) is 6.92 Å². The highest BCUT2D eigenvalue weighted by atomic mass is 16.5. The minimum atomic E-state index is -0.443. The van der Waals surface area contributed by atoms with Crippen LogP contribution < -0.4 is 20.1 Å². The largest absolute Gasteiger partial charge is 0.497 e. The van der Waals surface area contributed by atoms with Gasteiger partial charge in [0.05, 0.1) is 14.2 Å². The highest BCUT2D eigenvalue weighted by Crippen LogP contribution is 2.17. The van der Waals surface area contributed by atoms with Crippen molar-refractivity contribution < 1.29 is 19.1 Å². The molecule has 0 heterocycles. The summed E-state index contributed by atoms with van der Waals surface area (Å²) in [7, 11) is 3.16. The maximum atomic E-state index is 13.0. The molecule has 3 aromatic carbocycles. The fourth-order valence-corrected chi connectivity index (χ4v) is 2.88. The summed E-state index contributed by atoms with van der Waals surface area (Å²) in [6, 6.07) is 21.3. The lowest BCUT2D eigenvalue weighted by molar-refractivity contribution is -0.113. The summed E-state index contributed by atoms with van der Waals surface area (Å²) < 4.78 is 10.3. The molecule has 0 fully saturated rings. The first-order valence-corrected chi connectivity index (χ1v) is 9.67. The summed E-state index contributed by atoms with van der Waals surface area (Å²) in [4.78, 5) is 25.7. The number of anilines is 1. The molecule has 2 N–H and O–H groups in total. The number of benzene rings is 3. The normalized spacial score (nSPS) is 10.9. The van der Waals surface area contributed by atoms with Crippen molar-refractivity contribution in [2.45, 2.75) is 6.92 Å². The summed E-state index contributed by atoms with van der Waals surface area (Å²) in [5.74, 6) is 0.570. The van der Waals surface area contributed by atoms with E-state index in [1.165, 1.54) is 0 Å².